The van der Waals surface area contributed by atoms with Crippen molar-refractivity contribution in [1.82, 2.24) is 4.98 Å². The average molecular weight is 548 g/mol. The third-order valence-electron chi connectivity index (χ3n) is 6.30. The number of hydrogen-bond donors (Lipinski definition) is 1. The van der Waals surface area contributed by atoms with Crippen molar-refractivity contribution < 1.29 is 19.4 Å². The van der Waals surface area contributed by atoms with Gasteiger partial charge < -0.3 is 14.7 Å². The molecule has 1 unspecified atom stereocenters. The van der Waals surface area contributed by atoms with Crippen molar-refractivity contribution in [2.24, 2.45) is 0 Å². The minimum absolute atomic E-state index is 0.00228. The van der Waals surface area contributed by atoms with Gasteiger partial charge in [0, 0.05) is 30.4 Å². The van der Waals surface area contributed by atoms with Crippen molar-refractivity contribution in [2.45, 2.75) is 19.4 Å². The first-order chi connectivity index (χ1) is 18.3. The zero-order valence-electron chi connectivity index (χ0n) is 21.1. The van der Waals surface area contributed by atoms with Gasteiger partial charge in [0.1, 0.15) is 11.5 Å². The number of aromatic nitrogens is 1. The predicted molar refractivity (Wildman–Crippen MR) is 152 cm³/mol. The van der Waals surface area contributed by atoms with Crippen LogP contribution in [0, 0.1) is 0 Å². The number of Topliss-reactive ketones (excluding diaryl/α,β-unsaturated/α-hetero) is 1. The third kappa shape index (κ3) is 4.73. The number of thiazole rings is 1. The molecule has 1 N–H and O–H groups in total. The molecule has 0 saturated carbocycles. The summed E-state index contributed by atoms with van der Waals surface area (Å²) in [4.78, 5) is 35.0. The Hall–Kier alpha value is -3.88. The maximum atomic E-state index is 13.5. The number of ether oxygens (including phenoxy) is 1. The smallest absolute Gasteiger partial charge is 0.301 e. The highest BCUT2D eigenvalue weighted by molar-refractivity contribution is 7.22. The molecule has 9 heteroatoms. The second kappa shape index (κ2) is 10.5. The zero-order chi connectivity index (χ0) is 27.0. The number of aliphatic hydroxyl groups excluding tert-OH is 1. The molecule has 1 aromatic heterocycles. The number of nitrogens with zero attached hydrogens (tertiary/aromatic N) is 3. The Balaban J connectivity index is 1.68. The molecule has 1 aliphatic rings. The van der Waals surface area contributed by atoms with Crippen LogP contribution in [0.1, 0.15) is 30.5 Å². The lowest BCUT2D eigenvalue weighted by Gasteiger charge is -2.23. The first-order valence-corrected chi connectivity index (χ1v) is 13.4. The number of halogens is 1. The first kappa shape index (κ1) is 25.8. The predicted octanol–water partition coefficient (Wildman–Crippen LogP) is 6.43. The topological polar surface area (TPSA) is 83.0 Å². The Morgan fingerprint density at radius 2 is 1.87 bits per heavy atom. The van der Waals surface area contributed by atoms with Gasteiger partial charge in [0.15, 0.2) is 5.13 Å². The van der Waals surface area contributed by atoms with Gasteiger partial charge >= 0.3 is 5.91 Å². The normalized spacial score (nSPS) is 16.8. The van der Waals surface area contributed by atoms with Crippen LogP contribution in [0.4, 0.5) is 10.8 Å². The maximum absolute atomic E-state index is 13.5. The molecule has 0 spiro atoms. The van der Waals surface area contributed by atoms with Crippen molar-refractivity contribution >= 4 is 61.4 Å². The van der Waals surface area contributed by atoms with Gasteiger partial charge in [-0.05, 0) is 54.4 Å². The van der Waals surface area contributed by atoms with E-state index in [1.165, 1.54) is 16.2 Å². The molecule has 0 bridgehead atoms. The van der Waals surface area contributed by atoms with Crippen LogP contribution in [0.15, 0.2) is 72.3 Å². The van der Waals surface area contributed by atoms with Crippen LogP contribution in [0.25, 0.3) is 16.0 Å². The summed E-state index contributed by atoms with van der Waals surface area (Å²) in [6.45, 7) is 2.53. The minimum atomic E-state index is -0.873. The van der Waals surface area contributed by atoms with Gasteiger partial charge in [-0.2, -0.15) is 0 Å². The van der Waals surface area contributed by atoms with Gasteiger partial charge in [0.2, 0.25) is 0 Å². The van der Waals surface area contributed by atoms with E-state index in [0.29, 0.717) is 39.2 Å². The SMILES string of the molecule is CCCOc1cccc(C(O)=C2C(=O)C(=O)N(c3nc4ccc(Cl)cc4s3)C2c2ccc(N(C)C)cc2)c1. The molecule has 1 fully saturated rings. The molecule has 7 nitrogen and oxygen atoms in total. The average Bonchev–Trinajstić information content (AvgIpc) is 3.44. The second-order valence-electron chi connectivity index (χ2n) is 9.14. The number of carbonyl (C=O) groups is 2. The highest BCUT2D eigenvalue weighted by Gasteiger charge is 2.48. The minimum Gasteiger partial charge on any atom is -0.507 e. The van der Waals surface area contributed by atoms with E-state index in [0.717, 1.165) is 16.8 Å². The van der Waals surface area contributed by atoms with E-state index >= 15 is 0 Å². The van der Waals surface area contributed by atoms with Crippen LogP contribution in [-0.2, 0) is 9.59 Å². The number of benzene rings is 3. The van der Waals surface area contributed by atoms with E-state index in [1.54, 1.807) is 42.5 Å². The number of fused-ring (bicyclic) bond motifs is 1. The van der Waals surface area contributed by atoms with E-state index in [2.05, 4.69) is 4.98 Å². The highest BCUT2D eigenvalue weighted by atomic mass is 35.5. The summed E-state index contributed by atoms with van der Waals surface area (Å²) in [5.74, 6) is -1.23. The van der Waals surface area contributed by atoms with E-state index in [1.807, 2.05) is 50.2 Å². The summed E-state index contributed by atoms with van der Waals surface area (Å²) in [6, 6.07) is 18.8. The van der Waals surface area contributed by atoms with Crippen LogP contribution in [0.2, 0.25) is 5.02 Å². The summed E-state index contributed by atoms with van der Waals surface area (Å²) < 4.78 is 6.51. The molecule has 2 heterocycles. The Morgan fingerprint density at radius 1 is 1.11 bits per heavy atom. The van der Waals surface area contributed by atoms with Crippen molar-refractivity contribution in [3.8, 4) is 5.75 Å². The number of carbonyl (C=O) groups excluding carboxylic acids is 2. The van der Waals surface area contributed by atoms with Gasteiger partial charge in [-0.15, -0.1) is 0 Å². The number of hydrogen-bond acceptors (Lipinski definition) is 7. The van der Waals surface area contributed by atoms with E-state index in [4.69, 9.17) is 16.3 Å². The van der Waals surface area contributed by atoms with Gasteiger partial charge in [-0.1, -0.05) is 54.1 Å². The molecule has 0 radical (unpaired) electrons. The number of amides is 1. The third-order valence-corrected chi connectivity index (χ3v) is 7.55. The maximum Gasteiger partial charge on any atom is 0.301 e. The molecule has 38 heavy (non-hydrogen) atoms. The summed E-state index contributed by atoms with van der Waals surface area (Å²) in [6.07, 6.45) is 0.831. The van der Waals surface area contributed by atoms with Crippen molar-refractivity contribution in [2.75, 3.05) is 30.5 Å². The molecule has 3 aromatic carbocycles. The largest absolute Gasteiger partial charge is 0.507 e. The summed E-state index contributed by atoms with van der Waals surface area (Å²) in [7, 11) is 3.86. The van der Waals surface area contributed by atoms with E-state index in [-0.39, 0.29) is 11.3 Å². The quantitative estimate of drug-likeness (QED) is 0.163. The number of ketones is 1. The first-order valence-electron chi connectivity index (χ1n) is 12.2. The fourth-order valence-electron chi connectivity index (χ4n) is 4.40. The van der Waals surface area contributed by atoms with Crippen LogP contribution in [-0.4, -0.2) is 42.5 Å². The van der Waals surface area contributed by atoms with Crippen LogP contribution < -0.4 is 14.5 Å². The molecule has 194 valence electrons. The van der Waals surface area contributed by atoms with Gasteiger partial charge in [-0.25, -0.2) is 4.98 Å². The summed E-state index contributed by atoms with van der Waals surface area (Å²) >= 11 is 7.44. The molecule has 0 aliphatic carbocycles. The highest BCUT2D eigenvalue weighted by Crippen LogP contribution is 2.45. The molecule has 1 aliphatic heterocycles. The zero-order valence-corrected chi connectivity index (χ0v) is 22.7. The van der Waals surface area contributed by atoms with Crippen molar-refractivity contribution in [3.05, 3.63) is 88.5 Å². The van der Waals surface area contributed by atoms with Crippen LogP contribution in [0.5, 0.6) is 5.75 Å². The second-order valence-corrected chi connectivity index (χ2v) is 10.6. The van der Waals surface area contributed by atoms with Crippen molar-refractivity contribution in [1.29, 1.82) is 0 Å². The molecular formula is C29H26ClN3O4S. The number of aliphatic hydroxyl groups is 1. The fourth-order valence-corrected chi connectivity index (χ4v) is 5.67. The van der Waals surface area contributed by atoms with E-state index in [9.17, 15) is 14.7 Å². The van der Waals surface area contributed by atoms with Crippen LogP contribution in [0.3, 0.4) is 0 Å². The Labute approximate surface area is 229 Å². The lowest BCUT2D eigenvalue weighted by Crippen LogP contribution is -2.29. The molecule has 1 saturated heterocycles. The number of rotatable bonds is 7. The summed E-state index contributed by atoms with van der Waals surface area (Å²) in [5, 5.41) is 12.4. The lowest BCUT2D eigenvalue weighted by atomic mass is 9.95. The molecular weight excluding hydrogens is 522 g/mol. The standard InChI is InChI=1S/C29H26ClN3O4S/c1-4-14-37-21-7-5-6-18(15-21)26(34)24-25(17-8-11-20(12-9-17)32(2)3)33(28(36)27(24)35)29-31-22-13-10-19(30)16-23(22)38-29/h5-13,15-16,25,34H,4,14H2,1-3H3. The Kier molecular flexibility index (Phi) is 7.10. The lowest BCUT2D eigenvalue weighted by molar-refractivity contribution is -0.132. The molecule has 5 rings (SSSR count). The monoisotopic (exact) mass is 547 g/mol. The van der Waals surface area contributed by atoms with E-state index < -0.39 is 17.7 Å². The fraction of sp³-hybridized carbons (Fsp3) is 0.207. The van der Waals surface area contributed by atoms with Crippen LogP contribution >= 0.6 is 22.9 Å². The number of anilines is 2. The van der Waals surface area contributed by atoms with Gasteiger partial charge in [0.25, 0.3) is 5.78 Å². The Bertz CT molecular complexity index is 1560. The van der Waals surface area contributed by atoms with Gasteiger partial charge in [0.05, 0.1) is 28.4 Å². The molecule has 1 atom stereocenters. The van der Waals surface area contributed by atoms with Crippen molar-refractivity contribution in [3.63, 3.8) is 0 Å². The Morgan fingerprint density at radius 3 is 2.58 bits per heavy atom. The molecule has 4 aromatic rings. The van der Waals surface area contributed by atoms with Gasteiger partial charge in [-0.3, -0.25) is 14.5 Å². The summed E-state index contributed by atoms with van der Waals surface area (Å²) in [5.41, 5.74) is 2.69. The molecule has 1 amide bonds.